The molecule has 2 fully saturated rings. The van der Waals surface area contributed by atoms with E-state index in [4.69, 9.17) is 0 Å². The van der Waals surface area contributed by atoms with Crippen LogP contribution in [0, 0.1) is 23.7 Å². The standard InChI is InChI=1S/C16H24BrNS/c1-10-13(17)7-12(19-10)9-18-14-15(2,3)11-5-6-16(14,4)8-11/h7,11,14,18H,5-6,8-9H2,1-4H3. The third-order valence-corrected chi connectivity index (χ3v) is 7.80. The molecule has 3 unspecified atom stereocenters. The van der Waals surface area contributed by atoms with Crippen LogP contribution in [0.5, 0.6) is 0 Å². The van der Waals surface area contributed by atoms with Gasteiger partial charge in [0.15, 0.2) is 0 Å². The first-order chi connectivity index (χ1) is 8.83. The minimum atomic E-state index is 0.455. The lowest BCUT2D eigenvalue weighted by atomic mass is 9.68. The first-order valence-corrected chi connectivity index (χ1v) is 8.92. The first kappa shape index (κ1) is 14.1. The summed E-state index contributed by atoms with van der Waals surface area (Å²) in [5, 5.41) is 3.89. The Morgan fingerprint density at radius 3 is 2.68 bits per heavy atom. The second kappa shape index (κ2) is 4.57. The van der Waals surface area contributed by atoms with Crippen molar-refractivity contribution in [3.05, 3.63) is 20.3 Å². The number of hydrogen-bond acceptors (Lipinski definition) is 2. The molecule has 0 spiro atoms. The van der Waals surface area contributed by atoms with Crippen molar-refractivity contribution in [1.82, 2.24) is 5.32 Å². The molecule has 2 saturated carbocycles. The van der Waals surface area contributed by atoms with Crippen LogP contribution in [0.25, 0.3) is 0 Å². The van der Waals surface area contributed by atoms with Gasteiger partial charge in [0.2, 0.25) is 0 Å². The molecule has 2 aliphatic rings. The Labute approximate surface area is 129 Å². The van der Waals surface area contributed by atoms with E-state index in [1.165, 1.54) is 33.5 Å². The van der Waals surface area contributed by atoms with Crippen molar-refractivity contribution in [2.75, 3.05) is 0 Å². The van der Waals surface area contributed by atoms with Gasteiger partial charge in [-0.25, -0.2) is 0 Å². The Bertz CT molecular complexity index is 469. The predicted molar refractivity (Wildman–Crippen MR) is 86.6 cm³/mol. The lowest BCUT2D eigenvalue weighted by Gasteiger charge is -2.43. The van der Waals surface area contributed by atoms with Gasteiger partial charge in [-0.1, -0.05) is 20.8 Å². The van der Waals surface area contributed by atoms with E-state index >= 15 is 0 Å². The number of rotatable bonds is 3. The van der Waals surface area contributed by atoms with E-state index in [9.17, 15) is 0 Å². The molecule has 1 heterocycles. The summed E-state index contributed by atoms with van der Waals surface area (Å²) in [4.78, 5) is 2.83. The van der Waals surface area contributed by atoms with Crippen LogP contribution in [0.1, 0.15) is 49.8 Å². The van der Waals surface area contributed by atoms with E-state index in [-0.39, 0.29) is 0 Å². The molecule has 0 amide bonds. The average Bonchev–Trinajstić information content (AvgIpc) is 2.89. The highest BCUT2D eigenvalue weighted by Crippen LogP contribution is 2.62. The molecule has 0 aromatic carbocycles. The van der Waals surface area contributed by atoms with Crippen LogP contribution in [-0.2, 0) is 6.54 Å². The van der Waals surface area contributed by atoms with Gasteiger partial charge in [-0.3, -0.25) is 0 Å². The maximum Gasteiger partial charge on any atom is 0.0314 e. The van der Waals surface area contributed by atoms with E-state index in [0.29, 0.717) is 16.9 Å². The highest BCUT2D eigenvalue weighted by molar-refractivity contribution is 9.10. The molecule has 3 rings (SSSR count). The number of halogens is 1. The Hall–Kier alpha value is 0.140. The summed E-state index contributed by atoms with van der Waals surface area (Å²) >= 11 is 5.53. The van der Waals surface area contributed by atoms with Crippen LogP contribution in [0.4, 0.5) is 0 Å². The highest BCUT2D eigenvalue weighted by Gasteiger charge is 2.58. The maximum absolute atomic E-state index is 3.89. The lowest BCUT2D eigenvalue weighted by Crippen LogP contribution is -2.49. The van der Waals surface area contributed by atoms with Crippen molar-refractivity contribution < 1.29 is 0 Å². The molecule has 1 aromatic rings. The van der Waals surface area contributed by atoms with Gasteiger partial charge in [0.05, 0.1) is 0 Å². The van der Waals surface area contributed by atoms with Crippen LogP contribution >= 0.6 is 27.3 Å². The van der Waals surface area contributed by atoms with Crippen LogP contribution in [0.15, 0.2) is 10.5 Å². The van der Waals surface area contributed by atoms with Gasteiger partial charge >= 0.3 is 0 Å². The fraction of sp³-hybridized carbons (Fsp3) is 0.750. The molecule has 106 valence electrons. The smallest absolute Gasteiger partial charge is 0.0314 e. The summed E-state index contributed by atoms with van der Waals surface area (Å²) in [6, 6.07) is 2.94. The topological polar surface area (TPSA) is 12.0 Å². The Balaban J connectivity index is 1.73. The molecule has 1 aromatic heterocycles. The molecule has 3 atom stereocenters. The monoisotopic (exact) mass is 341 g/mol. The zero-order valence-electron chi connectivity index (χ0n) is 12.3. The van der Waals surface area contributed by atoms with E-state index in [2.05, 4.69) is 55.0 Å². The SMILES string of the molecule is Cc1sc(CNC2C3(C)CCC(C3)C2(C)C)cc1Br. The summed E-state index contributed by atoms with van der Waals surface area (Å²) in [6.45, 7) is 10.6. The Morgan fingerprint density at radius 1 is 1.42 bits per heavy atom. The van der Waals surface area contributed by atoms with Gasteiger partial charge in [-0.15, -0.1) is 11.3 Å². The van der Waals surface area contributed by atoms with Crippen molar-refractivity contribution in [2.24, 2.45) is 16.7 Å². The number of aryl methyl sites for hydroxylation is 1. The zero-order valence-corrected chi connectivity index (χ0v) is 14.7. The predicted octanol–water partition coefficient (Wildman–Crippen LogP) is 5.12. The molecule has 0 saturated heterocycles. The van der Waals surface area contributed by atoms with E-state index in [1.807, 2.05) is 11.3 Å². The number of hydrogen-bond donors (Lipinski definition) is 1. The second-order valence-corrected chi connectivity index (χ2v) is 9.54. The molecular weight excluding hydrogens is 318 g/mol. The van der Waals surface area contributed by atoms with Crippen molar-refractivity contribution >= 4 is 27.3 Å². The zero-order chi connectivity index (χ0) is 13.8. The normalized spacial score (nSPS) is 36.1. The minimum absolute atomic E-state index is 0.455. The molecular formula is C16H24BrNS. The van der Waals surface area contributed by atoms with Crippen LogP contribution in [0.3, 0.4) is 0 Å². The third-order valence-electron chi connectivity index (χ3n) is 5.66. The van der Waals surface area contributed by atoms with E-state index in [1.54, 1.807) is 0 Å². The third kappa shape index (κ3) is 2.22. The summed E-state index contributed by atoms with van der Waals surface area (Å²) in [7, 11) is 0. The van der Waals surface area contributed by atoms with Crippen LogP contribution < -0.4 is 5.32 Å². The first-order valence-electron chi connectivity index (χ1n) is 7.31. The quantitative estimate of drug-likeness (QED) is 0.804. The summed E-state index contributed by atoms with van der Waals surface area (Å²) < 4.78 is 1.26. The molecule has 2 bridgehead atoms. The fourth-order valence-electron chi connectivity index (χ4n) is 4.62. The fourth-order valence-corrected chi connectivity index (χ4v) is 6.17. The minimum Gasteiger partial charge on any atom is -0.308 e. The van der Waals surface area contributed by atoms with Crippen molar-refractivity contribution in [2.45, 2.75) is 59.5 Å². The summed E-state index contributed by atoms with van der Waals surface area (Å²) in [6.07, 6.45) is 4.27. The molecule has 0 radical (unpaired) electrons. The van der Waals surface area contributed by atoms with Gasteiger partial charge < -0.3 is 5.32 Å². The molecule has 1 nitrogen and oxygen atoms in total. The number of fused-ring (bicyclic) bond motifs is 2. The molecule has 2 aliphatic carbocycles. The van der Waals surface area contributed by atoms with Gasteiger partial charge in [0.25, 0.3) is 0 Å². The maximum atomic E-state index is 3.89. The van der Waals surface area contributed by atoms with Crippen molar-refractivity contribution in [1.29, 1.82) is 0 Å². The number of nitrogens with one attached hydrogen (secondary N) is 1. The van der Waals surface area contributed by atoms with Crippen molar-refractivity contribution in [3.63, 3.8) is 0 Å². The molecule has 19 heavy (non-hydrogen) atoms. The Morgan fingerprint density at radius 2 is 2.16 bits per heavy atom. The van der Waals surface area contributed by atoms with Gasteiger partial charge in [0, 0.05) is 26.8 Å². The van der Waals surface area contributed by atoms with Crippen LogP contribution in [-0.4, -0.2) is 6.04 Å². The second-order valence-electron chi connectivity index (χ2n) is 7.35. The largest absolute Gasteiger partial charge is 0.308 e. The van der Waals surface area contributed by atoms with Gasteiger partial charge in [-0.05, 0) is 64.9 Å². The summed E-state index contributed by atoms with van der Waals surface area (Å²) in [5.74, 6) is 0.923. The molecule has 0 aliphatic heterocycles. The molecule has 1 N–H and O–H groups in total. The highest BCUT2D eigenvalue weighted by atomic mass is 79.9. The number of thiophene rings is 1. The van der Waals surface area contributed by atoms with E-state index < -0.39 is 0 Å². The van der Waals surface area contributed by atoms with Crippen molar-refractivity contribution in [3.8, 4) is 0 Å². The average molecular weight is 342 g/mol. The molecule has 3 heteroatoms. The van der Waals surface area contributed by atoms with Crippen LogP contribution in [0.2, 0.25) is 0 Å². The lowest BCUT2D eigenvalue weighted by molar-refractivity contribution is 0.108. The van der Waals surface area contributed by atoms with Gasteiger partial charge in [-0.2, -0.15) is 0 Å². The Kier molecular flexibility index (Phi) is 3.39. The summed E-state index contributed by atoms with van der Waals surface area (Å²) in [5.41, 5.74) is 0.980. The van der Waals surface area contributed by atoms with Gasteiger partial charge in [0.1, 0.15) is 0 Å². The van der Waals surface area contributed by atoms with E-state index in [0.717, 1.165) is 12.5 Å².